The highest BCUT2D eigenvalue weighted by molar-refractivity contribution is 9.10. The molecule has 2 aromatic rings. The van der Waals surface area contributed by atoms with Crippen LogP contribution < -0.4 is 4.72 Å². The molecule has 1 heterocycles. The van der Waals surface area contributed by atoms with Crippen LogP contribution in [0.25, 0.3) is 0 Å². The molecule has 2 N–H and O–H groups in total. The van der Waals surface area contributed by atoms with Crippen LogP contribution in [0.15, 0.2) is 32.3 Å². The van der Waals surface area contributed by atoms with Crippen molar-refractivity contribution < 1.29 is 17.9 Å². The molecule has 0 atom stereocenters. The number of halogens is 3. The molecule has 0 aliphatic carbocycles. The van der Waals surface area contributed by atoms with E-state index in [0.29, 0.717) is 4.47 Å². The Bertz CT molecular complexity index is 732. The second-order valence-corrected chi connectivity index (χ2v) is 7.50. The molecule has 1 aromatic heterocycles. The molecule has 0 radical (unpaired) electrons. The fraction of sp³-hybridized carbons (Fsp3) is 0. The molecule has 0 aliphatic rings. The molecular weight excluding hydrogens is 381 g/mol. The zero-order valence-corrected chi connectivity index (χ0v) is 13.0. The summed E-state index contributed by atoms with van der Waals surface area (Å²) in [4.78, 5) is 0. The summed E-state index contributed by atoms with van der Waals surface area (Å²) in [6.07, 6.45) is 0. The van der Waals surface area contributed by atoms with Crippen molar-refractivity contribution in [2.24, 2.45) is 0 Å². The standard InChI is InChI=1S/C10H6BrClFNO3S2/c11-5-1-2-18-10(5)19(16,17)14-8-3-6(12)7(13)4-9(8)15/h1-4,14-15H. The molecule has 9 heteroatoms. The van der Waals surface area contributed by atoms with E-state index in [2.05, 4.69) is 20.7 Å². The third-order valence-electron chi connectivity index (χ3n) is 2.11. The van der Waals surface area contributed by atoms with Gasteiger partial charge < -0.3 is 5.11 Å². The molecule has 102 valence electrons. The highest BCUT2D eigenvalue weighted by Crippen LogP contribution is 2.34. The second kappa shape index (κ2) is 5.28. The van der Waals surface area contributed by atoms with E-state index in [0.717, 1.165) is 23.5 Å². The molecule has 0 unspecified atom stereocenters. The smallest absolute Gasteiger partial charge is 0.272 e. The van der Waals surface area contributed by atoms with E-state index in [4.69, 9.17) is 11.6 Å². The highest BCUT2D eigenvalue weighted by atomic mass is 79.9. The summed E-state index contributed by atoms with van der Waals surface area (Å²) < 4.78 is 39.8. The number of anilines is 1. The van der Waals surface area contributed by atoms with Gasteiger partial charge in [0.1, 0.15) is 11.6 Å². The first kappa shape index (κ1) is 14.6. The summed E-state index contributed by atoms with van der Waals surface area (Å²) in [7, 11) is -3.87. The highest BCUT2D eigenvalue weighted by Gasteiger charge is 2.21. The SMILES string of the molecule is O=S(=O)(Nc1cc(Cl)c(F)cc1O)c1sccc1Br. The number of rotatable bonds is 3. The Hall–Kier alpha value is -0.830. The monoisotopic (exact) mass is 385 g/mol. The maximum absolute atomic E-state index is 13.1. The lowest BCUT2D eigenvalue weighted by atomic mass is 10.3. The van der Waals surface area contributed by atoms with Gasteiger partial charge in [-0.1, -0.05) is 11.6 Å². The molecule has 0 bridgehead atoms. The average molecular weight is 387 g/mol. The van der Waals surface area contributed by atoms with Crippen LogP contribution in [0.2, 0.25) is 5.02 Å². The van der Waals surface area contributed by atoms with Gasteiger partial charge in [0.25, 0.3) is 10.0 Å². The minimum Gasteiger partial charge on any atom is -0.506 e. The zero-order valence-electron chi connectivity index (χ0n) is 9.02. The van der Waals surface area contributed by atoms with Crippen molar-refractivity contribution in [1.29, 1.82) is 0 Å². The van der Waals surface area contributed by atoms with Crippen LogP contribution >= 0.6 is 38.9 Å². The summed E-state index contributed by atoms with van der Waals surface area (Å²) in [5.74, 6) is -1.38. The maximum atomic E-state index is 13.1. The van der Waals surface area contributed by atoms with Gasteiger partial charge in [0.2, 0.25) is 0 Å². The molecule has 19 heavy (non-hydrogen) atoms. The zero-order chi connectivity index (χ0) is 14.2. The van der Waals surface area contributed by atoms with Gasteiger partial charge in [-0.3, -0.25) is 4.72 Å². The number of phenolic OH excluding ortho intramolecular Hbond substituents is 1. The summed E-state index contributed by atoms with van der Waals surface area (Å²) in [6.45, 7) is 0. The van der Waals surface area contributed by atoms with Gasteiger partial charge >= 0.3 is 0 Å². The van der Waals surface area contributed by atoms with Gasteiger partial charge in [-0.25, -0.2) is 12.8 Å². The van der Waals surface area contributed by atoms with Crippen LogP contribution in [0.1, 0.15) is 0 Å². The van der Waals surface area contributed by atoms with E-state index in [1.54, 1.807) is 11.4 Å². The third kappa shape index (κ3) is 3.02. The lowest BCUT2D eigenvalue weighted by Gasteiger charge is -2.09. The van der Waals surface area contributed by atoms with Crippen molar-refractivity contribution in [2.45, 2.75) is 4.21 Å². The van der Waals surface area contributed by atoms with Gasteiger partial charge in [-0.2, -0.15) is 0 Å². The van der Waals surface area contributed by atoms with Crippen molar-refractivity contribution >= 4 is 54.6 Å². The molecule has 0 saturated carbocycles. The van der Waals surface area contributed by atoms with Gasteiger partial charge in [0.15, 0.2) is 4.21 Å². The molecule has 4 nitrogen and oxygen atoms in total. The Morgan fingerprint density at radius 3 is 2.68 bits per heavy atom. The molecule has 1 aromatic carbocycles. The Kier molecular flexibility index (Phi) is 4.05. The number of nitrogens with one attached hydrogen (secondary N) is 1. The quantitative estimate of drug-likeness (QED) is 0.788. The number of hydrogen-bond acceptors (Lipinski definition) is 4. The van der Waals surface area contributed by atoms with Crippen LogP contribution in [-0.2, 0) is 10.0 Å². The van der Waals surface area contributed by atoms with Crippen LogP contribution in [0.4, 0.5) is 10.1 Å². The summed E-state index contributed by atoms with van der Waals surface area (Å²) >= 11 is 9.65. The largest absolute Gasteiger partial charge is 0.506 e. The van der Waals surface area contributed by atoms with Crippen molar-refractivity contribution in [3.05, 3.63) is 38.9 Å². The fourth-order valence-corrected chi connectivity index (χ4v) is 4.85. The van der Waals surface area contributed by atoms with E-state index < -0.39 is 21.6 Å². The van der Waals surface area contributed by atoms with Gasteiger partial charge in [-0.05, 0) is 33.4 Å². The lowest BCUT2D eigenvalue weighted by Crippen LogP contribution is -2.12. The van der Waals surface area contributed by atoms with E-state index in [1.807, 2.05) is 0 Å². The fourth-order valence-electron chi connectivity index (χ4n) is 1.28. The van der Waals surface area contributed by atoms with E-state index in [1.165, 1.54) is 0 Å². The lowest BCUT2D eigenvalue weighted by molar-refractivity contribution is 0.471. The average Bonchev–Trinajstić information content (AvgIpc) is 2.73. The third-order valence-corrected chi connectivity index (χ3v) is 6.44. The minimum atomic E-state index is -3.87. The van der Waals surface area contributed by atoms with Crippen LogP contribution in [-0.4, -0.2) is 13.5 Å². The normalized spacial score (nSPS) is 11.5. The van der Waals surface area contributed by atoms with Crippen molar-refractivity contribution in [3.63, 3.8) is 0 Å². The molecule has 0 aliphatic heterocycles. The van der Waals surface area contributed by atoms with Crippen LogP contribution in [0, 0.1) is 5.82 Å². The Balaban J connectivity index is 2.42. The number of benzene rings is 1. The summed E-state index contributed by atoms with van der Waals surface area (Å²) in [5, 5.41) is 10.8. The number of thiophene rings is 1. The molecule has 0 spiro atoms. The Morgan fingerprint density at radius 2 is 2.11 bits per heavy atom. The molecule has 0 fully saturated rings. The van der Waals surface area contributed by atoms with Gasteiger partial charge in [0, 0.05) is 10.5 Å². The topological polar surface area (TPSA) is 66.4 Å². The second-order valence-electron chi connectivity index (χ2n) is 3.44. The molecule has 0 saturated heterocycles. The predicted octanol–water partition coefficient (Wildman–Crippen LogP) is 3.81. The molecular formula is C10H6BrClFNO3S2. The van der Waals surface area contributed by atoms with Crippen LogP contribution in [0.3, 0.4) is 0 Å². The number of hydrogen-bond donors (Lipinski definition) is 2. The summed E-state index contributed by atoms with van der Waals surface area (Å²) in [6, 6.07) is 3.33. The number of phenols is 1. The number of aromatic hydroxyl groups is 1. The van der Waals surface area contributed by atoms with E-state index in [-0.39, 0.29) is 14.9 Å². The summed E-state index contributed by atoms with van der Waals surface area (Å²) in [5.41, 5.74) is -0.188. The van der Waals surface area contributed by atoms with Crippen molar-refractivity contribution in [1.82, 2.24) is 0 Å². The van der Waals surface area contributed by atoms with Gasteiger partial charge in [-0.15, -0.1) is 11.3 Å². The minimum absolute atomic E-state index is 0.0485. The predicted molar refractivity (Wildman–Crippen MR) is 75.9 cm³/mol. The maximum Gasteiger partial charge on any atom is 0.272 e. The Labute approximate surface area is 126 Å². The first-order chi connectivity index (χ1) is 8.81. The van der Waals surface area contributed by atoms with E-state index >= 15 is 0 Å². The van der Waals surface area contributed by atoms with Gasteiger partial charge in [0.05, 0.1) is 10.7 Å². The Morgan fingerprint density at radius 1 is 1.42 bits per heavy atom. The van der Waals surface area contributed by atoms with Crippen molar-refractivity contribution in [3.8, 4) is 5.75 Å². The molecule has 2 rings (SSSR count). The van der Waals surface area contributed by atoms with E-state index in [9.17, 15) is 17.9 Å². The molecule has 0 amide bonds. The van der Waals surface area contributed by atoms with Crippen LogP contribution in [0.5, 0.6) is 5.75 Å². The first-order valence-electron chi connectivity index (χ1n) is 4.75. The number of sulfonamides is 1. The first-order valence-corrected chi connectivity index (χ1v) is 8.28. The van der Waals surface area contributed by atoms with Crippen molar-refractivity contribution in [2.75, 3.05) is 4.72 Å².